The zero-order valence-electron chi connectivity index (χ0n) is 16.4. The molecule has 0 heterocycles. The molecule has 0 aromatic heterocycles. The fourth-order valence-electron chi connectivity index (χ4n) is 2.43. The number of anilines is 3. The summed E-state index contributed by atoms with van der Waals surface area (Å²) in [6.45, 7) is 2.03. The third-order valence-corrected chi connectivity index (χ3v) is 3.86. The van der Waals surface area contributed by atoms with Crippen LogP contribution in [0.1, 0.15) is 13.3 Å². The van der Waals surface area contributed by atoms with Crippen LogP contribution in [0.5, 0.6) is 5.75 Å². The van der Waals surface area contributed by atoms with E-state index in [0.29, 0.717) is 0 Å². The van der Waals surface area contributed by atoms with Crippen LogP contribution < -0.4 is 20.4 Å². The Kier molecular flexibility index (Phi) is 7.97. The largest absolute Gasteiger partial charge is 0.497 e. The monoisotopic (exact) mass is 364 g/mol. The highest BCUT2D eigenvalue weighted by atomic mass is 16.5. The third kappa shape index (κ3) is 6.90. The van der Waals surface area contributed by atoms with Gasteiger partial charge < -0.3 is 15.4 Å². The molecule has 5 heteroatoms. The summed E-state index contributed by atoms with van der Waals surface area (Å²) in [6, 6.07) is 16.0. The van der Waals surface area contributed by atoms with Gasteiger partial charge in [-0.2, -0.15) is 5.10 Å². The van der Waals surface area contributed by atoms with Gasteiger partial charge in [-0.1, -0.05) is 12.2 Å². The van der Waals surface area contributed by atoms with Gasteiger partial charge in [0.1, 0.15) is 5.75 Å². The minimum Gasteiger partial charge on any atom is -0.497 e. The lowest BCUT2D eigenvalue weighted by molar-refractivity contribution is 0.415. The van der Waals surface area contributed by atoms with E-state index in [9.17, 15) is 0 Å². The number of hydrazone groups is 1. The van der Waals surface area contributed by atoms with E-state index in [-0.39, 0.29) is 0 Å². The summed E-state index contributed by atoms with van der Waals surface area (Å²) in [6.07, 6.45) is 8.76. The number of methoxy groups -OCH3 is 1. The second-order valence-electron chi connectivity index (χ2n) is 6.04. The normalized spacial score (nSPS) is 11.8. The van der Waals surface area contributed by atoms with Crippen LogP contribution in [0.2, 0.25) is 0 Å². The first kappa shape index (κ1) is 20.1. The van der Waals surface area contributed by atoms with Crippen molar-refractivity contribution in [3.63, 3.8) is 0 Å². The van der Waals surface area contributed by atoms with Crippen molar-refractivity contribution in [2.24, 2.45) is 5.10 Å². The van der Waals surface area contributed by atoms with E-state index in [1.54, 1.807) is 7.11 Å². The molecule has 0 amide bonds. The van der Waals surface area contributed by atoms with Gasteiger partial charge in [0.15, 0.2) is 0 Å². The first-order chi connectivity index (χ1) is 13.1. The molecule has 0 aliphatic heterocycles. The summed E-state index contributed by atoms with van der Waals surface area (Å²) in [4.78, 5) is 0. The highest BCUT2D eigenvalue weighted by molar-refractivity contribution is 5.84. The first-order valence-electron chi connectivity index (χ1n) is 8.90. The highest BCUT2D eigenvalue weighted by Crippen LogP contribution is 2.22. The van der Waals surface area contributed by atoms with Gasteiger partial charge >= 0.3 is 0 Å². The van der Waals surface area contributed by atoms with Gasteiger partial charge in [0.25, 0.3) is 0 Å². The fraction of sp³-hybridized carbons (Fsp3) is 0.227. The molecule has 0 saturated carbocycles. The van der Waals surface area contributed by atoms with E-state index in [1.165, 1.54) is 0 Å². The molecule has 0 radical (unpaired) electrons. The summed E-state index contributed by atoms with van der Waals surface area (Å²) in [5.74, 6) is 0.846. The van der Waals surface area contributed by atoms with Crippen molar-refractivity contribution in [2.45, 2.75) is 13.3 Å². The van der Waals surface area contributed by atoms with E-state index >= 15 is 0 Å². The van der Waals surface area contributed by atoms with Crippen molar-refractivity contribution < 1.29 is 4.74 Å². The number of nitrogens with zero attached hydrogens (tertiary/aromatic N) is 2. The number of benzene rings is 2. The minimum atomic E-state index is 0.815. The molecule has 27 heavy (non-hydrogen) atoms. The second-order valence-corrected chi connectivity index (χ2v) is 6.04. The molecule has 142 valence electrons. The smallest absolute Gasteiger partial charge is 0.119 e. The molecule has 0 bridgehead atoms. The maximum atomic E-state index is 5.18. The van der Waals surface area contributed by atoms with Crippen LogP contribution in [-0.4, -0.2) is 26.9 Å². The molecule has 0 atom stereocenters. The van der Waals surface area contributed by atoms with Crippen molar-refractivity contribution in [2.75, 3.05) is 31.5 Å². The molecule has 0 saturated heterocycles. The van der Waals surface area contributed by atoms with Crippen molar-refractivity contribution >= 4 is 22.8 Å². The molecule has 2 aromatic carbocycles. The second kappa shape index (κ2) is 10.7. The van der Waals surface area contributed by atoms with Gasteiger partial charge in [-0.15, -0.1) is 0 Å². The summed E-state index contributed by atoms with van der Waals surface area (Å²) < 4.78 is 5.18. The van der Waals surface area contributed by atoms with E-state index in [0.717, 1.165) is 34.9 Å². The molecule has 5 nitrogen and oxygen atoms in total. The van der Waals surface area contributed by atoms with Gasteiger partial charge in [-0.25, -0.2) is 0 Å². The van der Waals surface area contributed by atoms with Crippen LogP contribution in [0.4, 0.5) is 17.1 Å². The highest BCUT2D eigenvalue weighted by Gasteiger charge is 2.01. The molecule has 0 aliphatic rings. The van der Waals surface area contributed by atoms with Gasteiger partial charge in [0.05, 0.1) is 12.8 Å². The molecule has 2 aromatic rings. The van der Waals surface area contributed by atoms with Crippen LogP contribution in [0.15, 0.2) is 78.1 Å². The summed E-state index contributed by atoms with van der Waals surface area (Å²) in [5, 5.41) is 12.8. The summed E-state index contributed by atoms with van der Waals surface area (Å²) in [7, 11) is 5.50. The topological polar surface area (TPSA) is 48.9 Å². The van der Waals surface area contributed by atoms with E-state index in [4.69, 9.17) is 4.74 Å². The summed E-state index contributed by atoms with van der Waals surface area (Å²) in [5.41, 5.74) is 4.13. The number of hydrogen-bond donors (Lipinski definition) is 2. The van der Waals surface area contributed by atoms with E-state index in [2.05, 4.69) is 21.8 Å². The van der Waals surface area contributed by atoms with Gasteiger partial charge in [-0.3, -0.25) is 5.01 Å². The summed E-state index contributed by atoms with van der Waals surface area (Å²) >= 11 is 0. The van der Waals surface area contributed by atoms with Crippen LogP contribution in [0.25, 0.3) is 0 Å². The lowest BCUT2D eigenvalue weighted by atomic mass is 10.2. The average Bonchev–Trinajstić information content (AvgIpc) is 2.69. The Morgan fingerprint density at radius 1 is 1.04 bits per heavy atom. The number of nitrogens with one attached hydrogen (secondary N) is 2. The van der Waals surface area contributed by atoms with Crippen LogP contribution in [0, 0.1) is 0 Å². The Morgan fingerprint density at radius 3 is 2.26 bits per heavy atom. The molecule has 0 fully saturated rings. The lowest BCUT2D eigenvalue weighted by Gasteiger charge is -2.15. The van der Waals surface area contributed by atoms with E-state index < -0.39 is 0 Å². The van der Waals surface area contributed by atoms with Gasteiger partial charge in [0.2, 0.25) is 0 Å². The molecular weight excluding hydrogens is 336 g/mol. The van der Waals surface area contributed by atoms with E-state index in [1.807, 2.05) is 92.9 Å². The number of rotatable bonds is 9. The minimum absolute atomic E-state index is 0.815. The Labute approximate surface area is 162 Å². The molecular formula is C22H28N4O. The third-order valence-electron chi connectivity index (χ3n) is 3.86. The number of allylic oxidation sites excluding steroid dienone is 3. The van der Waals surface area contributed by atoms with Crippen LogP contribution >= 0.6 is 0 Å². The Morgan fingerprint density at radius 2 is 1.67 bits per heavy atom. The standard InChI is InChI=1S/C22H28N4O/c1-18(8-6-5-7-17-23-2)25-26(3)21-13-9-19(10-14-21)24-20-11-15-22(27-4)16-12-20/h5-7,9-17,23-24H,8H2,1-4H3/b6-5-,17-7-,25-18+. The van der Waals surface area contributed by atoms with Crippen LogP contribution in [-0.2, 0) is 0 Å². The van der Waals surface area contributed by atoms with Gasteiger partial charge in [-0.05, 0) is 67.7 Å². The first-order valence-corrected chi connectivity index (χ1v) is 8.90. The average molecular weight is 364 g/mol. The van der Waals surface area contributed by atoms with Crippen LogP contribution in [0.3, 0.4) is 0 Å². The Hall–Kier alpha value is -3.21. The zero-order valence-corrected chi connectivity index (χ0v) is 16.4. The lowest BCUT2D eigenvalue weighted by Crippen LogP contribution is -2.11. The molecule has 0 spiro atoms. The maximum absolute atomic E-state index is 5.18. The van der Waals surface area contributed by atoms with Crippen molar-refractivity contribution in [1.82, 2.24) is 5.32 Å². The van der Waals surface area contributed by atoms with Crippen molar-refractivity contribution in [3.05, 3.63) is 73.0 Å². The maximum Gasteiger partial charge on any atom is 0.119 e. The van der Waals surface area contributed by atoms with Crippen molar-refractivity contribution in [1.29, 1.82) is 0 Å². The quantitative estimate of drug-likeness (QED) is 0.376. The van der Waals surface area contributed by atoms with Crippen molar-refractivity contribution in [3.8, 4) is 5.75 Å². The predicted octanol–water partition coefficient (Wildman–Crippen LogP) is 4.93. The fourth-order valence-corrected chi connectivity index (χ4v) is 2.43. The Bertz CT molecular complexity index is 777. The number of hydrogen-bond acceptors (Lipinski definition) is 5. The van der Waals surface area contributed by atoms with Gasteiger partial charge in [0, 0.05) is 37.6 Å². The zero-order chi connectivity index (χ0) is 19.5. The molecule has 2 N–H and O–H groups in total. The predicted molar refractivity (Wildman–Crippen MR) is 116 cm³/mol. The Balaban J connectivity index is 1.93. The number of ether oxygens (including phenoxy) is 1. The molecule has 0 unspecified atom stereocenters. The molecule has 2 rings (SSSR count). The SMILES string of the molecule is CN/C=C\C=C/C/C(C)=N/N(C)c1ccc(Nc2ccc(OC)cc2)cc1. The molecule has 0 aliphatic carbocycles.